The zero-order chi connectivity index (χ0) is 23.1. The zero-order valence-electron chi connectivity index (χ0n) is 18.2. The zero-order valence-corrected chi connectivity index (χ0v) is 18.2. The summed E-state index contributed by atoms with van der Waals surface area (Å²) < 4.78 is 16.1. The number of benzene rings is 2. The summed E-state index contributed by atoms with van der Waals surface area (Å²) in [5.41, 5.74) is 5.08. The molecule has 2 aromatic carbocycles. The minimum Gasteiger partial charge on any atom is -0.318 e. The number of hydrogen-bond donors (Lipinski definition) is 1. The molecular formula is C26H21FN4O2. The maximum Gasteiger partial charge on any atom is 0.329 e. The van der Waals surface area contributed by atoms with Gasteiger partial charge in [-0.1, -0.05) is 24.3 Å². The first-order valence-corrected chi connectivity index (χ1v) is 10.5. The second-order valence-electron chi connectivity index (χ2n) is 8.01. The first-order chi connectivity index (χ1) is 15.9. The number of aryl methyl sites for hydroxylation is 1. The summed E-state index contributed by atoms with van der Waals surface area (Å²) in [6, 6.07) is 17.5. The van der Waals surface area contributed by atoms with E-state index in [1.807, 2.05) is 44.2 Å². The minimum atomic E-state index is -0.565. The standard InChI is InChI=1S/C26H21FN4O2/c1-16-12-20(17(2)31(16)21-9-10-23-18(13-21)7-5-11-28-23)14-24-25(32)30(26(33)29-24)15-19-6-3-4-8-22(19)27/h3-14H,15H2,1-2H3,(H,29,33)/b24-14+. The van der Waals surface area contributed by atoms with E-state index in [4.69, 9.17) is 0 Å². The van der Waals surface area contributed by atoms with Crippen LogP contribution in [0.2, 0.25) is 0 Å². The normalized spacial score (nSPS) is 15.0. The second kappa shape index (κ2) is 8.02. The van der Waals surface area contributed by atoms with Gasteiger partial charge in [-0.25, -0.2) is 9.18 Å². The fourth-order valence-corrected chi connectivity index (χ4v) is 4.20. The molecule has 1 fully saturated rings. The van der Waals surface area contributed by atoms with Crippen LogP contribution in [0.1, 0.15) is 22.5 Å². The lowest BCUT2D eigenvalue weighted by molar-refractivity contribution is -0.123. The molecule has 1 aliphatic heterocycles. The van der Waals surface area contributed by atoms with Crippen LogP contribution in [0.4, 0.5) is 9.18 Å². The molecule has 6 nitrogen and oxygen atoms in total. The van der Waals surface area contributed by atoms with Gasteiger partial charge in [-0.2, -0.15) is 0 Å². The Labute approximate surface area is 190 Å². The van der Waals surface area contributed by atoms with Crippen molar-refractivity contribution in [3.8, 4) is 5.69 Å². The Balaban J connectivity index is 1.47. The molecule has 33 heavy (non-hydrogen) atoms. The van der Waals surface area contributed by atoms with Crippen LogP contribution >= 0.6 is 0 Å². The summed E-state index contributed by atoms with van der Waals surface area (Å²) in [6.07, 6.45) is 3.43. The highest BCUT2D eigenvalue weighted by molar-refractivity contribution is 6.14. The molecule has 0 saturated carbocycles. The van der Waals surface area contributed by atoms with Crippen LogP contribution in [0.3, 0.4) is 0 Å². The van der Waals surface area contributed by atoms with E-state index in [9.17, 15) is 14.0 Å². The lowest BCUT2D eigenvalue weighted by Crippen LogP contribution is -2.30. The Kier molecular flexibility index (Phi) is 5.01. The van der Waals surface area contributed by atoms with Crippen molar-refractivity contribution in [3.05, 3.63) is 101 Å². The number of aromatic nitrogens is 2. The number of fused-ring (bicyclic) bond motifs is 1. The molecule has 5 rings (SSSR count). The summed E-state index contributed by atoms with van der Waals surface area (Å²) in [5.74, 6) is -0.936. The van der Waals surface area contributed by atoms with Crippen LogP contribution < -0.4 is 5.32 Å². The molecule has 7 heteroatoms. The number of carbonyl (C=O) groups excluding carboxylic acids is 2. The largest absolute Gasteiger partial charge is 0.329 e. The van der Waals surface area contributed by atoms with E-state index in [0.717, 1.165) is 38.4 Å². The van der Waals surface area contributed by atoms with Crippen LogP contribution in [0.15, 0.2) is 72.6 Å². The lowest BCUT2D eigenvalue weighted by atomic mass is 10.2. The van der Waals surface area contributed by atoms with Crippen molar-refractivity contribution in [1.82, 2.24) is 19.8 Å². The number of amides is 3. The molecule has 4 aromatic rings. The van der Waals surface area contributed by atoms with Crippen molar-refractivity contribution in [1.29, 1.82) is 0 Å². The molecule has 3 heterocycles. The molecule has 0 aliphatic carbocycles. The van der Waals surface area contributed by atoms with Crippen LogP contribution in [0, 0.1) is 19.7 Å². The molecule has 1 aliphatic rings. The Morgan fingerprint density at radius 1 is 1.03 bits per heavy atom. The fourth-order valence-electron chi connectivity index (χ4n) is 4.20. The van der Waals surface area contributed by atoms with Gasteiger partial charge >= 0.3 is 6.03 Å². The average molecular weight is 440 g/mol. The number of nitrogens with one attached hydrogen (secondary N) is 1. The lowest BCUT2D eigenvalue weighted by Gasteiger charge is -2.12. The fraction of sp³-hybridized carbons (Fsp3) is 0.115. The number of urea groups is 1. The highest BCUT2D eigenvalue weighted by Gasteiger charge is 2.34. The quantitative estimate of drug-likeness (QED) is 0.364. The van der Waals surface area contributed by atoms with Gasteiger partial charge in [0.25, 0.3) is 5.91 Å². The minimum absolute atomic E-state index is 0.126. The highest BCUT2D eigenvalue weighted by Crippen LogP contribution is 2.26. The van der Waals surface area contributed by atoms with Crippen molar-refractivity contribution in [2.75, 3.05) is 0 Å². The van der Waals surface area contributed by atoms with E-state index in [0.29, 0.717) is 0 Å². The summed E-state index contributed by atoms with van der Waals surface area (Å²) in [7, 11) is 0. The van der Waals surface area contributed by atoms with Gasteiger partial charge in [0.1, 0.15) is 11.5 Å². The number of pyridine rings is 1. The number of rotatable bonds is 4. The molecule has 1 N–H and O–H groups in total. The van der Waals surface area contributed by atoms with Crippen molar-refractivity contribution < 1.29 is 14.0 Å². The average Bonchev–Trinajstić information content (AvgIpc) is 3.24. The number of imide groups is 1. The number of nitrogens with zero attached hydrogens (tertiary/aromatic N) is 3. The molecule has 3 amide bonds. The first kappa shape index (κ1) is 20.6. The van der Waals surface area contributed by atoms with Crippen molar-refractivity contribution in [2.24, 2.45) is 0 Å². The van der Waals surface area contributed by atoms with Gasteiger partial charge in [0.15, 0.2) is 0 Å². The number of carbonyl (C=O) groups is 2. The molecule has 2 aromatic heterocycles. The number of hydrogen-bond acceptors (Lipinski definition) is 3. The highest BCUT2D eigenvalue weighted by atomic mass is 19.1. The molecule has 0 bridgehead atoms. The molecule has 0 radical (unpaired) electrons. The van der Waals surface area contributed by atoms with Gasteiger partial charge in [0, 0.05) is 34.2 Å². The Hall–Kier alpha value is -4.26. The van der Waals surface area contributed by atoms with Gasteiger partial charge in [-0.3, -0.25) is 14.7 Å². The molecule has 164 valence electrons. The molecular weight excluding hydrogens is 419 g/mol. The molecule has 0 spiro atoms. The van der Waals surface area contributed by atoms with Crippen LogP contribution in [-0.2, 0) is 11.3 Å². The van der Waals surface area contributed by atoms with E-state index in [1.165, 1.54) is 6.07 Å². The first-order valence-electron chi connectivity index (χ1n) is 10.5. The van der Waals surface area contributed by atoms with E-state index >= 15 is 0 Å². The smallest absolute Gasteiger partial charge is 0.318 e. The van der Waals surface area contributed by atoms with Crippen molar-refractivity contribution in [2.45, 2.75) is 20.4 Å². The number of halogens is 1. The van der Waals surface area contributed by atoms with E-state index in [-0.39, 0.29) is 17.8 Å². The summed E-state index contributed by atoms with van der Waals surface area (Å²) in [4.78, 5) is 30.7. The van der Waals surface area contributed by atoms with Crippen molar-refractivity contribution >= 4 is 28.9 Å². The predicted molar refractivity (Wildman–Crippen MR) is 124 cm³/mol. The van der Waals surface area contributed by atoms with Crippen LogP contribution in [0.5, 0.6) is 0 Å². The molecule has 0 unspecified atom stereocenters. The van der Waals surface area contributed by atoms with E-state index in [2.05, 4.69) is 20.9 Å². The summed E-state index contributed by atoms with van der Waals surface area (Å²) >= 11 is 0. The predicted octanol–water partition coefficient (Wildman–Crippen LogP) is 4.87. The van der Waals surface area contributed by atoms with Gasteiger partial charge in [0.2, 0.25) is 0 Å². The maximum absolute atomic E-state index is 14.0. The third-order valence-corrected chi connectivity index (χ3v) is 5.86. The van der Waals surface area contributed by atoms with Gasteiger partial charge in [-0.05, 0) is 61.9 Å². The third kappa shape index (κ3) is 3.67. The second-order valence-corrected chi connectivity index (χ2v) is 8.01. The molecule has 1 saturated heterocycles. The molecule has 0 atom stereocenters. The van der Waals surface area contributed by atoms with Crippen LogP contribution in [0.25, 0.3) is 22.7 Å². The Morgan fingerprint density at radius 2 is 1.85 bits per heavy atom. The Morgan fingerprint density at radius 3 is 2.67 bits per heavy atom. The van der Waals surface area contributed by atoms with Crippen LogP contribution in [-0.4, -0.2) is 26.4 Å². The third-order valence-electron chi connectivity index (χ3n) is 5.86. The maximum atomic E-state index is 14.0. The van der Waals surface area contributed by atoms with Gasteiger partial charge in [0.05, 0.1) is 12.1 Å². The topological polar surface area (TPSA) is 67.2 Å². The van der Waals surface area contributed by atoms with E-state index < -0.39 is 17.8 Å². The summed E-state index contributed by atoms with van der Waals surface area (Å²) in [5, 5.41) is 3.65. The SMILES string of the molecule is Cc1cc(/C=C2/NC(=O)N(Cc3ccccc3F)C2=O)c(C)n1-c1ccc2ncccc2c1. The van der Waals surface area contributed by atoms with Gasteiger partial charge < -0.3 is 9.88 Å². The van der Waals surface area contributed by atoms with Gasteiger partial charge in [-0.15, -0.1) is 0 Å². The Bertz CT molecular complexity index is 1450. The van der Waals surface area contributed by atoms with E-state index in [1.54, 1.807) is 30.5 Å². The summed E-state index contributed by atoms with van der Waals surface area (Å²) in [6.45, 7) is 3.83. The monoisotopic (exact) mass is 440 g/mol. The van der Waals surface area contributed by atoms with Crippen molar-refractivity contribution in [3.63, 3.8) is 0 Å².